The van der Waals surface area contributed by atoms with Gasteiger partial charge in [0.15, 0.2) is 0 Å². The van der Waals surface area contributed by atoms with Crippen LogP contribution in [-0.2, 0) is 5.54 Å². The number of nitrogens with zero attached hydrogens (tertiary/aromatic N) is 2. The number of rotatable bonds is 3. The van der Waals surface area contributed by atoms with Crippen LogP contribution in [0.3, 0.4) is 0 Å². The first-order valence-electron chi connectivity index (χ1n) is 8.61. The van der Waals surface area contributed by atoms with E-state index >= 15 is 0 Å². The van der Waals surface area contributed by atoms with Gasteiger partial charge in [-0.05, 0) is 30.2 Å². The lowest BCUT2D eigenvalue weighted by atomic mass is 9.82. The van der Waals surface area contributed by atoms with Gasteiger partial charge in [0, 0.05) is 24.5 Å². The Morgan fingerprint density at radius 3 is 2.25 bits per heavy atom. The second kappa shape index (κ2) is 6.87. The molecule has 1 aliphatic rings. The van der Waals surface area contributed by atoms with Crippen LogP contribution in [0.2, 0.25) is 5.02 Å². The Balaban J connectivity index is 2.04. The molecular formula is C21H26ClN2+. The maximum Gasteiger partial charge on any atom is 0.206 e. The standard InChI is InChI=1S/C21H26ClN2/c1-21(18-8-5-4-6-9-18,19-10-12-20(22)13-11-19)23-14-7-16-24(2,3)17-15-23/h2,4-6,8-13H,7,14-17H2,1,3H3/q+1. The molecule has 2 aromatic carbocycles. The quantitative estimate of drug-likeness (QED) is 0.747. The highest BCUT2D eigenvalue weighted by atomic mass is 35.5. The van der Waals surface area contributed by atoms with Gasteiger partial charge in [0.05, 0.1) is 25.7 Å². The first kappa shape index (κ1) is 17.5. The molecule has 0 bridgehead atoms. The van der Waals surface area contributed by atoms with Crippen molar-refractivity contribution < 1.29 is 4.48 Å². The lowest BCUT2D eigenvalue weighted by molar-refractivity contribution is -0.863. The Kier molecular flexibility index (Phi) is 5.00. The van der Waals surface area contributed by atoms with Crippen molar-refractivity contribution in [1.29, 1.82) is 0 Å². The summed E-state index contributed by atoms with van der Waals surface area (Å²) in [6.07, 6.45) is 1.10. The maximum atomic E-state index is 6.37. The largest absolute Gasteiger partial charge is 0.312 e. The SMILES string of the molecule is [CH][N+]1(C)CCCN(C(C)(c2ccccc2)c2ccc(Cl)cc2)CC1. The van der Waals surface area contributed by atoms with E-state index in [0.717, 1.165) is 37.6 Å². The Hall–Kier alpha value is -1.35. The van der Waals surface area contributed by atoms with Crippen molar-refractivity contribution in [3.63, 3.8) is 0 Å². The molecular weight excluding hydrogens is 316 g/mol. The first-order valence-corrected chi connectivity index (χ1v) is 8.99. The fourth-order valence-corrected chi connectivity index (χ4v) is 3.84. The van der Waals surface area contributed by atoms with Crippen molar-refractivity contribution in [2.45, 2.75) is 18.9 Å². The highest BCUT2D eigenvalue weighted by molar-refractivity contribution is 6.30. The number of likely N-dealkylation sites (N-methyl/N-ethyl adjacent to an activating group) is 1. The zero-order chi connectivity index (χ0) is 17.2. The predicted molar refractivity (Wildman–Crippen MR) is 101 cm³/mol. The third-order valence-electron chi connectivity index (χ3n) is 5.35. The molecule has 0 N–H and O–H groups in total. The van der Waals surface area contributed by atoms with Crippen molar-refractivity contribution in [2.75, 3.05) is 33.2 Å². The van der Waals surface area contributed by atoms with Gasteiger partial charge in [-0.1, -0.05) is 54.1 Å². The minimum absolute atomic E-state index is 0.184. The van der Waals surface area contributed by atoms with Gasteiger partial charge in [0.1, 0.15) is 0 Å². The van der Waals surface area contributed by atoms with Crippen LogP contribution < -0.4 is 0 Å². The van der Waals surface area contributed by atoms with E-state index < -0.39 is 0 Å². The highest BCUT2D eigenvalue weighted by Gasteiger charge is 2.38. The van der Waals surface area contributed by atoms with Crippen molar-refractivity contribution in [3.05, 3.63) is 77.8 Å². The summed E-state index contributed by atoms with van der Waals surface area (Å²) in [7, 11) is 8.49. The van der Waals surface area contributed by atoms with E-state index in [1.165, 1.54) is 11.1 Å². The molecule has 2 aromatic rings. The van der Waals surface area contributed by atoms with Crippen molar-refractivity contribution in [1.82, 2.24) is 4.90 Å². The topological polar surface area (TPSA) is 3.24 Å². The summed E-state index contributed by atoms with van der Waals surface area (Å²) in [6.45, 7) is 6.30. The summed E-state index contributed by atoms with van der Waals surface area (Å²) in [5, 5.41) is 0.774. The fourth-order valence-electron chi connectivity index (χ4n) is 3.71. The van der Waals surface area contributed by atoms with Gasteiger partial charge >= 0.3 is 0 Å². The summed E-state index contributed by atoms with van der Waals surface area (Å²) in [6, 6.07) is 19.0. The molecule has 126 valence electrons. The normalized spacial score (nSPS) is 21.0. The van der Waals surface area contributed by atoms with Crippen LogP contribution in [0.4, 0.5) is 0 Å². The fraction of sp³-hybridized carbons (Fsp3) is 0.381. The Bertz CT molecular complexity index is 666. The summed E-state index contributed by atoms with van der Waals surface area (Å²) in [5.74, 6) is 0. The Morgan fingerprint density at radius 2 is 1.58 bits per heavy atom. The molecule has 2 unspecified atom stereocenters. The molecule has 0 saturated carbocycles. The van der Waals surface area contributed by atoms with E-state index in [9.17, 15) is 0 Å². The number of benzene rings is 2. The highest BCUT2D eigenvalue weighted by Crippen LogP contribution is 2.37. The van der Waals surface area contributed by atoms with Crippen LogP contribution in [-0.4, -0.2) is 42.6 Å². The van der Waals surface area contributed by atoms with E-state index in [1.54, 1.807) is 0 Å². The molecule has 0 aliphatic carbocycles. The van der Waals surface area contributed by atoms with Crippen LogP contribution in [0.5, 0.6) is 0 Å². The van der Waals surface area contributed by atoms with Gasteiger partial charge in [-0.2, -0.15) is 0 Å². The van der Waals surface area contributed by atoms with Crippen molar-refractivity contribution in [3.8, 4) is 0 Å². The third-order valence-corrected chi connectivity index (χ3v) is 5.60. The van der Waals surface area contributed by atoms with E-state index in [2.05, 4.69) is 61.3 Å². The molecule has 3 heteroatoms. The van der Waals surface area contributed by atoms with Gasteiger partial charge < -0.3 is 4.48 Å². The molecule has 2 atom stereocenters. The second-order valence-electron chi connectivity index (χ2n) is 7.21. The molecule has 2 radical (unpaired) electrons. The lowest BCUT2D eigenvalue weighted by Crippen LogP contribution is -2.48. The number of quaternary nitrogens is 1. The second-order valence-corrected chi connectivity index (χ2v) is 7.65. The lowest BCUT2D eigenvalue weighted by Gasteiger charge is -2.42. The van der Waals surface area contributed by atoms with Crippen LogP contribution in [0.15, 0.2) is 54.6 Å². The molecule has 1 heterocycles. The summed E-state index contributed by atoms with van der Waals surface area (Å²) in [5.41, 5.74) is 2.39. The van der Waals surface area contributed by atoms with Crippen LogP contribution >= 0.6 is 11.6 Å². The van der Waals surface area contributed by atoms with E-state index in [4.69, 9.17) is 18.6 Å². The Labute approximate surface area is 151 Å². The molecule has 2 nitrogen and oxygen atoms in total. The minimum Gasteiger partial charge on any atom is -0.312 e. The van der Waals surface area contributed by atoms with E-state index in [-0.39, 0.29) is 5.54 Å². The number of halogens is 1. The summed E-state index contributed by atoms with van der Waals surface area (Å²) < 4.78 is 0.599. The number of hydrogen-bond acceptors (Lipinski definition) is 1. The van der Waals surface area contributed by atoms with E-state index in [1.807, 2.05) is 12.1 Å². The minimum atomic E-state index is -0.184. The maximum absolute atomic E-state index is 6.37. The molecule has 1 fully saturated rings. The number of hydrogen-bond donors (Lipinski definition) is 0. The van der Waals surface area contributed by atoms with Crippen molar-refractivity contribution in [2.24, 2.45) is 0 Å². The Morgan fingerprint density at radius 1 is 0.958 bits per heavy atom. The van der Waals surface area contributed by atoms with E-state index in [0.29, 0.717) is 4.48 Å². The zero-order valence-electron chi connectivity index (χ0n) is 14.6. The summed E-state index contributed by atoms with van der Waals surface area (Å²) >= 11 is 6.12. The molecule has 0 amide bonds. The molecule has 1 saturated heterocycles. The molecule has 3 rings (SSSR count). The smallest absolute Gasteiger partial charge is 0.206 e. The van der Waals surface area contributed by atoms with Crippen LogP contribution in [0.25, 0.3) is 0 Å². The molecule has 0 spiro atoms. The monoisotopic (exact) mass is 341 g/mol. The summed E-state index contributed by atoms with van der Waals surface area (Å²) in [4.78, 5) is 2.57. The van der Waals surface area contributed by atoms with Crippen molar-refractivity contribution >= 4 is 11.6 Å². The van der Waals surface area contributed by atoms with Gasteiger partial charge in [0.25, 0.3) is 0 Å². The first-order chi connectivity index (χ1) is 11.4. The molecule has 1 aliphatic heterocycles. The molecule has 0 aromatic heterocycles. The van der Waals surface area contributed by atoms with Gasteiger partial charge in [-0.3, -0.25) is 4.90 Å². The van der Waals surface area contributed by atoms with Crippen LogP contribution in [0, 0.1) is 7.05 Å². The average molecular weight is 342 g/mol. The zero-order valence-corrected chi connectivity index (χ0v) is 15.3. The predicted octanol–water partition coefficient (Wildman–Crippen LogP) is 4.42. The van der Waals surface area contributed by atoms with Gasteiger partial charge in [-0.15, -0.1) is 0 Å². The average Bonchev–Trinajstić information content (AvgIpc) is 2.76. The molecule has 24 heavy (non-hydrogen) atoms. The van der Waals surface area contributed by atoms with Gasteiger partial charge in [-0.25, -0.2) is 0 Å². The third kappa shape index (κ3) is 3.51. The van der Waals surface area contributed by atoms with Crippen LogP contribution in [0.1, 0.15) is 24.5 Å². The van der Waals surface area contributed by atoms with Gasteiger partial charge in [0.2, 0.25) is 7.05 Å².